The summed E-state index contributed by atoms with van der Waals surface area (Å²) >= 11 is 0. The first-order valence-electron chi connectivity index (χ1n) is 11.0. The van der Waals surface area contributed by atoms with Gasteiger partial charge in [0.1, 0.15) is 5.75 Å². The van der Waals surface area contributed by atoms with Gasteiger partial charge in [-0.2, -0.15) is 5.10 Å². The fraction of sp³-hybridized carbons (Fsp3) is 0.231. The number of hydrogen-bond acceptors (Lipinski definition) is 5. The molecule has 176 valence electrons. The van der Waals surface area contributed by atoms with Crippen LogP contribution in [0.2, 0.25) is 0 Å². The molecule has 7 nitrogen and oxygen atoms in total. The number of fused-ring (bicyclic) bond motifs is 1. The minimum absolute atomic E-state index is 0.119. The Labute approximate surface area is 200 Å². The van der Waals surface area contributed by atoms with Crippen molar-refractivity contribution in [3.63, 3.8) is 0 Å². The van der Waals surface area contributed by atoms with Crippen LogP contribution in [0.1, 0.15) is 39.9 Å². The number of anilines is 1. The van der Waals surface area contributed by atoms with Crippen LogP contribution in [0.3, 0.4) is 0 Å². The monoisotopic (exact) mass is 477 g/mol. The van der Waals surface area contributed by atoms with Crippen molar-refractivity contribution in [2.75, 3.05) is 17.7 Å². The molecule has 3 aromatic carbocycles. The maximum Gasteiger partial charge on any atom is 0.273 e. The van der Waals surface area contributed by atoms with E-state index < -0.39 is 15.9 Å². The minimum atomic E-state index is -3.65. The largest absolute Gasteiger partial charge is 0.497 e. The number of benzene rings is 3. The third-order valence-electron chi connectivity index (χ3n) is 5.76. The van der Waals surface area contributed by atoms with Crippen LogP contribution >= 0.6 is 0 Å². The molecule has 34 heavy (non-hydrogen) atoms. The smallest absolute Gasteiger partial charge is 0.273 e. The lowest BCUT2D eigenvalue weighted by Crippen LogP contribution is -2.32. The van der Waals surface area contributed by atoms with Gasteiger partial charge in [0.2, 0.25) is 10.0 Å². The van der Waals surface area contributed by atoms with Gasteiger partial charge < -0.3 is 4.74 Å². The first-order valence-corrected chi connectivity index (χ1v) is 12.9. The Morgan fingerprint density at radius 3 is 2.50 bits per heavy atom. The molecular formula is C26H27N3O4S. The van der Waals surface area contributed by atoms with Crippen molar-refractivity contribution in [2.45, 2.75) is 25.8 Å². The molecule has 0 spiro atoms. The summed E-state index contributed by atoms with van der Waals surface area (Å²) in [7, 11) is -2.01. The molecular weight excluding hydrogens is 450 g/mol. The van der Waals surface area contributed by atoms with Crippen molar-refractivity contribution in [2.24, 2.45) is 5.10 Å². The van der Waals surface area contributed by atoms with Crippen molar-refractivity contribution in [1.82, 2.24) is 5.43 Å². The van der Waals surface area contributed by atoms with Crippen molar-refractivity contribution in [1.29, 1.82) is 0 Å². The predicted molar refractivity (Wildman–Crippen MR) is 134 cm³/mol. The maximum atomic E-state index is 13.1. The molecule has 0 saturated heterocycles. The average Bonchev–Trinajstić information content (AvgIpc) is 2.85. The predicted octanol–water partition coefficient (Wildman–Crippen LogP) is 4.13. The van der Waals surface area contributed by atoms with Gasteiger partial charge in [0, 0.05) is 5.56 Å². The summed E-state index contributed by atoms with van der Waals surface area (Å²) in [4.78, 5) is 13.1. The number of nitrogens with zero attached hydrogens (tertiary/aromatic N) is 2. The van der Waals surface area contributed by atoms with Crippen molar-refractivity contribution in [3.05, 3.63) is 95.1 Å². The van der Waals surface area contributed by atoms with E-state index in [-0.39, 0.29) is 12.1 Å². The second-order valence-electron chi connectivity index (χ2n) is 8.15. The Balaban J connectivity index is 1.62. The van der Waals surface area contributed by atoms with E-state index in [1.54, 1.807) is 31.4 Å². The third-order valence-corrected chi connectivity index (χ3v) is 6.89. The molecule has 8 heteroatoms. The number of hydrogen-bond donors (Lipinski definition) is 1. The zero-order valence-electron chi connectivity index (χ0n) is 19.2. The molecule has 0 aliphatic heterocycles. The van der Waals surface area contributed by atoms with E-state index in [1.165, 1.54) is 4.31 Å². The second-order valence-corrected chi connectivity index (χ2v) is 10.1. The van der Waals surface area contributed by atoms with Crippen LogP contribution in [-0.4, -0.2) is 33.4 Å². The first kappa shape index (κ1) is 23.5. The van der Waals surface area contributed by atoms with Gasteiger partial charge in [-0.25, -0.2) is 13.8 Å². The lowest BCUT2D eigenvalue weighted by molar-refractivity contribution is 0.0955. The van der Waals surface area contributed by atoms with E-state index in [9.17, 15) is 13.2 Å². The Hall–Kier alpha value is -3.65. The lowest BCUT2D eigenvalue weighted by Gasteiger charge is -2.24. The molecule has 0 saturated carbocycles. The molecule has 0 bridgehead atoms. The number of para-hydroxylation sites is 1. The van der Waals surface area contributed by atoms with Gasteiger partial charge >= 0.3 is 0 Å². The van der Waals surface area contributed by atoms with Gasteiger partial charge in [0.05, 0.1) is 36.9 Å². The van der Waals surface area contributed by atoms with Crippen molar-refractivity contribution in [3.8, 4) is 5.75 Å². The van der Waals surface area contributed by atoms with E-state index in [2.05, 4.69) is 10.5 Å². The quantitative estimate of drug-likeness (QED) is 0.518. The zero-order valence-corrected chi connectivity index (χ0v) is 20.0. The van der Waals surface area contributed by atoms with E-state index in [0.29, 0.717) is 5.69 Å². The number of nitrogens with one attached hydrogen (secondary N) is 1. The number of carbonyl (C=O) groups is 1. The topological polar surface area (TPSA) is 88.1 Å². The summed E-state index contributed by atoms with van der Waals surface area (Å²) in [5, 5.41) is 4.41. The van der Waals surface area contributed by atoms with Gasteiger partial charge in [-0.05, 0) is 60.7 Å². The standard InChI is InChI=1S/C26H27N3O4S/c1-33-21-15-16-22-20(17-21)11-8-13-24(22)27-28-26(30)23-12-6-7-14-25(23)29(34(2,31)32)18-19-9-4-3-5-10-19/h3-7,9-10,12,14-17H,8,11,13,18H2,1-2H3,(H,28,30)/b27-24-. The number of hydrazone groups is 1. The highest BCUT2D eigenvalue weighted by atomic mass is 32.2. The van der Waals surface area contributed by atoms with Gasteiger partial charge in [-0.15, -0.1) is 0 Å². The molecule has 3 aromatic rings. The fourth-order valence-electron chi connectivity index (χ4n) is 4.07. The number of amides is 1. The van der Waals surface area contributed by atoms with Gasteiger partial charge in [-0.1, -0.05) is 42.5 Å². The van der Waals surface area contributed by atoms with Gasteiger partial charge in [0.25, 0.3) is 5.91 Å². The number of sulfonamides is 1. The summed E-state index contributed by atoms with van der Waals surface area (Å²) in [5.74, 6) is 0.322. The molecule has 0 aromatic heterocycles. The molecule has 0 heterocycles. The van der Waals surface area contributed by atoms with E-state index >= 15 is 0 Å². The Kier molecular flexibility index (Phi) is 6.98. The van der Waals surface area contributed by atoms with E-state index in [4.69, 9.17) is 4.74 Å². The summed E-state index contributed by atoms with van der Waals surface area (Å²) in [6, 6.07) is 21.8. The summed E-state index contributed by atoms with van der Waals surface area (Å²) in [5.41, 5.74) is 6.91. The molecule has 4 rings (SSSR count). The zero-order chi connectivity index (χ0) is 24.1. The van der Waals surface area contributed by atoms with Crippen LogP contribution in [0, 0.1) is 0 Å². The van der Waals surface area contributed by atoms with Gasteiger partial charge in [0.15, 0.2) is 0 Å². The van der Waals surface area contributed by atoms with Crippen LogP contribution in [0.15, 0.2) is 77.9 Å². The summed E-state index contributed by atoms with van der Waals surface area (Å²) in [6.45, 7) is 0.119. The van der Waals surface area contributed by atoms with Crippen LogP contribution in [0.5, 0.6) is 5.75 Å². The maximum absolute atomic E-state index is 13.1. The van der Waals surface area contributed by atoms with E-state index in [1.807, 2.05) is 48.5 Å². The summed E-state index contributed by atoms with van der Waals surface area (Å²) < 4.78 is 31.9. The molecule has 0 unspecified atom stereocenters. The van der Waals surface area contributed by atoms with Crippen molar-refractivity contribution < 1.29 is 17.9 Å². The minimum Gasteiger partial charge on any atom is -0.497 e. The Morgan fingerprint density at radius 2 is 1.76 bits per heavy atom. The van der Waals surface area contributed by atoms with Crippen LogP contribution < -0.4 is 14.5 Å². The highest BCUT2D eigenvalue weighted by molar-refractivity contribution is 7.92. The Bertz CT molecular complexity index is 1320. The molecule has 1 N–H and O–H groups in total. The molecule has 0 atom stereocenters. The second kappa shape index (κ2) is 10.1. The van der Waals surface area contributed by atoms with E-state index in [0.717, 1.165) is 53.7 Å². The Morgan fingerprint density at radius 1 is 1.03 bits per heavy atom. The fourth-order valence-corrected chi connectivity index (χ4v) is 4.97. The number of ether oxygens (including phenoxy) is 1. The lowest BCUT2D eigenvalue weighted by atomic mass is 9.90. The molecule has 1 aliphatic carbocycles. The highest BCUT2D eigenvalue weighted by Crippen LogP contribution is 2.27. The highest BCUT2D eigenvalue weighted by Gasteiger charge is 2.24. The molecule has 1 aliphatic rings. The number of methoxy groups -OCH3 is 1. The van der Waals surface area contributed by atoms with Crippen molar-refractivity contribution >= 4 is 27.3 Å². The first-order chi connectivity index (χ1) is 16.4. The third kappa shape index (κ3) is 5.28. The number of carbonyl (C=O) groups excluding carboxylic acids is 1. The van der Waals surface area contributed by atoms with Crippen LogP contribution in [-0.2, 0) is 23.0 Å². The normalized spacial score (nSPS) is 14.4. The molecule has 0 radical (unpaired) electrons. The molecule has 0 fully saturated rings. The summed E-state index contributed by atoms with van der Waals surface area (Å²) in [6.07, 6.45) is 3.72. The molecule has 1 amide bonds. The average molecular weight is 478 g/mol. The van der Waals surface area contributed by atoms with Gasteiger partial charge in [-0.3, -0.25) is 9.10 Å². The van der Waals surface area contributed by atoms with Crippen LogP contribution in [0.4, 0.5) is 5.69 Å². The number of rotatable bonds is 7. The van der Waals surface area contributed by atoms with Crippen LogP contribution in [0.25, 0.3) is 0 Å². The number of aryl methyl sites for hydroxylation is 1. The SMILES string of the molecule is COc1ccc2c(c1)CCC/C2=N/NC(=O)c1ccccc1N(Cc1ccccc1)S(C)(=O)=O.